The smallest absolute Gasteiger partial charge is 0.102 e. The maximum Gasteiger partial charge on any atom is 0.102 e. The zero-order valence-electron chi connectivity index (χ0n) is 13.0. The van der Waals surface area contributed by atoms with E-state index < -0.39 is 0 Å². The number of hydrogen-bond donors (Lipinski definition) is 1. The van der Waals surface area contributed by atoms with Crippen LogP contribution in [0.15, 0.2) is 42.5 Å². The summed E-state index contributed by atoms with van der Waals surface area (Å²) in [5.41, 5.74) is 5.28. The molecule has 0 amide bonds. The molecule has 0 saturated carbocycles. The number of benzene rings is 2. The van der Waals surface area contributed by atoms with Gasteiger partial charge in [0, 0.05) is 0 Å². The number of nitrogens with one attached hydrogen (secondary N) is 1. The molecule has 2 nitrogen and oxygen atoms in total. The molecule has 0 radical (unpaired) electrons. The van der Waals surface area contributed by atoms with E-state index in [1.165, 1.54) is 11.1 Å². The van der Waals surface area contributed by atoms with Crippen LogP contribution in [0.3, 0.4) is 0 Å². The highest BCUT2D eigenvalue weighted by atomic mass is 14.9. The van der Waals surface area contributed by atoms with Gasteiger partial charge in [0.1, 0.15) is 6.07 Å². The van der Waals surface area contributed by atoms with Crippen LogP contribution in [0.1, 0.15) is 48.6 Å². The van der Waals surface area contributed by atoms with Gasteiger partial charge in [-0.15, -0.1) is 0 Å². The van der Waals surface area contributed by atoms with Crippen molar-refractivity contribution in [1.82, 2.24) is 0 Å². The first-order valence-electron chi connectivity index (χ1n) is 7.54. The standard InChI is InChI=1S/C19H22N2/c1-4-15-9-11-16(12-10-15)18(5-2)21-19-8-6-7-14(3)17(19)13-20/h6-12,18,21H,4-5H2,1-3H3. The molecule has 2 aromatic carbocycles. The van der Waals surface area contributed by atoms with Crippen LogP contribution in [0.5, 0.6) is 0 Å². The maximum absolute atomic E-state index is 9.33. The highest BCUT2D eigenvalue weighted by Gasteiger charge is 2.12. The molecule has 108 valence electrons. The summed E-state index contributed by atoms with van der Waals surface area (Å²) < 4.78 is 0. The average Bonchev–Trinajstić information content (AvgIpc) is 2.53. The second-order valence-corrected chi connectivity index (χ2v) is 5.31. The van der Waals surface area contributed by atoms with Crippen molar-refractivity contribution in [2.24, 2.45) is 0 Å². The predicted molar refractivity (Wildman–Crippen MR) is 88.4 cm³/mol. The first kappa shape index (κ1) is 15.1. The molecule has 21 heavy (non-hydrogen) atoms. The Morgan fingerprint density at radius 3 is 2.38 bits per heavy atom. The van der Waals surface area contributed by atoms with Crippen LogP contribution in [0.4, 0.5) is 5.69 Å². The van der Waals surface area contributed by atoms with Crippen LogP contribution in [0.25, 0.3) is 0 Å². The van der Waals surface area contributed by atoms with Crippen molar-refractivity contribution in [3.05, 3.63) is 64.7 Å². The predicted octanol–water partition coefficient (Wildman–Crippen LogP) is 4.99. The Labute approximate surface area is 127 Å². The SMILES string of the molecule is CCc1ccc(C(CC)Nc2cccc(C)c2C#N)cc1. The van der Waals surface area contributed by atoms with Crippen molar-refractivity contribution >= 4 is 5.69 Å². The summed E-state index contributed by atoms with van der Waals surface area (Å²) in [6, 6.07) is 17.2. The fourth-order valence-corrected chi connectivity index (χ4v) is 2.53. The van der Waals surface area contributed by atoms with Crippen LogP contribution in [-0.2, 0) is 6.42 Å². The van der Waals surface area contributed by atoms with Gasteiger partial charge in [0.2, 0.25) is 0 Å². The van der Waals surface area contributed by atoms with Gasteiger partial charge >= 0.3 is 0 Å². The molecule has 0 aliphatic heterocycles. The normalized spacial score (nSPS) is 11.7. The fraction of sp³-hybridized carbons (Fsp3) is 0.316. The maximum atomic E-state index is 9.33. The Kier molecular flexibility index (Phi) is 5.00. The molecular weight excluding hydrogens is 256 g/mol. The van der Waals surface area contributed by atoms with E-state index in [1.54, 1.807) is 0 Å². The third-order valence-corrected chi connectivity index (χ3v) is 3.91. The Bertz CT molecular complexity index is 636. The summed E-state index contributed by atoms with van der Waals surface area (Å²) in [5.74, 6) is 0. The van der Waals surface area contributed by atoms with Crippen molar-refractivity contribution in [3.63, 3.8) is 0 Å². The van der Waals surface area contributed by atoms with Gasteiger partial charge in [-0.25, -0.2) is 0 Å². The number of nitriles is 1. The molecule has 0 spiro atoms. The molecule has 0 aliphatic carbocycles. The van der Waals surface area contributed by atoms with E-state index in [4.69, 9.17) is 0 Å². The second-order valence-electron chi connectivity index (χ2n) is 5.31. The molecular formula is C19H22N2. The number of hydrogen-bond acceptors (Lipinski definition) is 2. The second kappa shape index (κ2) is 6.95. The van der Waals surface area contributed by atoms with Gasteiger partial charge in [-0.05, 0) is 42.5 Å². The fourth-order valence-electron chi connectivity index (χ4n) is 2.53. The number of nitrogens with zero attached hydrogens (tertiary/aromatic N) is 1. The van der Waals surface area contributed by atoms with Crippen LogP contribution in [0.2, 0.25) is 0 Å². The Morgan fingerprint density at radius 1 is 1.10 bits per heavy atom. The summed E-state index contributed by atoms with van der Waals surface area (Å²) in [6.45, 7) is 6.30. The molecule has 0 heterocycles. The minimum Gasteiger partial charge on any atom is -0.377 e. The van der Waals surface area contributed by atoms with Crippen LogP contribution in [-0.4, -0.2) is 0 Å². The van der Waals surface area contributed by atoms with E-state index in [2.05, 4.69) is 49.5 Å². The third-order valence-electron chi connectivity index (χ3n) is 3.91. The van der Waals surface area contributed by atoms with Gasteiger partial charge in [-0.1, -0.05) is 50.2 Å². The van der Waals surface area contributed by atoms with Gasteiger partial charge in [-0.2, -0.15) is 5.26 Å². The molecule has 0 fully saturated rings. The summed E-state index contributed by atoms with van der Waals surface area (Å²) >= 11 is 0. The molecule has 0 aliphatic rings. The molecule has 2 heteroatoms. The van der Waals surface area contributed by atoms with E-state index in [0.29, 0.717) is 0 Å². The quantitative estimate of drug-likeness (QED) is 0.836. The van der Waals surface area contributed by atoms with Crippen molar-refractivity contribution < 1.29 is 0 Å². The van der Waals surface area contributed by atoms with Gasteiger partial charge < -0.3 is 5.32 Å². The molecule has 1 atom stereocenters. The van der Waals surface area contributed by atoms with Crippen LogP contribution < -0.4 is 5.32 Å². The average molecular weight is 278 g/mol. The zero-order chi connectivity index (χ0) is 15.2. The topological polar surface area (TPSA) is 35.8 Å². The van der Waals surface area contributed by atoms with E-state index >= 15 is 0 Å². The number of anilines is 1. The minimum absolute atomic E-state index is 0.227. The Hall–Kier alpha value is -2.27. The monoisotopic (exact) mass is 278 g/mol. The number of rotatable bonds is 5. The van der Waals surface area contributed by atoms with Crippen molar-refractivity contribution in [2.45, 2.75) is 39.7 Å². The van der Waals surface area contributed by atoms with E-state index in [0.717, 1.165) is 29.7 Å². The summed E-state index contributed by atoms with van der Waals surface area (Å²) in [5, 5.41) is 12.9. The van der Waals surface area contributed by atoms with Gasteiger partial charge in [-0.3, -0.25) is 0 Å². The molecule has 2 aromatic rings. The van der Waals surface area contributed by atoms with Gasteiger partial charge in [0.25, 0.3) is 0 Å². The Morgan fingerprint density at radius 2 is 1.81 bits per heavy atom. The zero-order valence-corrected chi connectivity index (χ0v) is 13.0. The van der Waals surface area contributed by atoms with E-state index in [9.17, 15) is 5.26 Å². The third kappa shape index (κ3) is 3.44. The molecule has 2 rings (SSSR count). The van der Waals surface area contributed by atoms with E-state index in [-0.39, 0.29) is 6.04 Å². The Balaban J connectivity index is 2.27. The van der Waals surface area contributed by atoms with Gasteiger partial charge in [0.05, 0.1) is 17.3 Å². The highest BCUT2D eigenvalue weighted by molar-refractivity contribution is 5.61. The van der Waals surface area contributed by atoms with Crippen LogP contribution in [0, 0.1) is 18.3 Å². The number of aryl methyl sites for hydroxylation is 2. The summed E-state index contributed by atoms with van der Waals surface area (Å²) in [6.07, 6.45) is 2.03. The van der Waals surface area contributed by atoms with Crippen molar-refractivity contribution in [2.75, 3.05) is 5.32 Å². The lowest BCUT2D eigenvalue weighted by atomic mass is 10.0. The lowest BCUT2D eigenvalue weighted by Gasteiger charge is -2.20. The minimum atomic E-state index is 0.227. The lowest BCUT2D eigenvalue weighted by Crippen LogP contribution is -2.11. The lowest BCUT2D eigenvalue weighted by molar-refractivity contribution is 0.748. The molecule has 0 bridgehead atoms. The molecule has 0 aromatic heterocycles. The van der Waals surface area contributed by atoms with Crippen molar-refractivity contribution in [3.8, 4) is 6.07 Å². The largest absolute Gasteiger partial charge is 0.377 e. The molecule has 1 unspecified atom stereocenters. The summed E-state index contributed by atoms with van der Waals surface area (Å²) in [7, 11) is 0. The molecule has 0 saturated heterocycles. The summed E-state index contributed by atoms with van der Waals surface area (Å²) in [4.78, 5) is 0. The van der Waals surface area contributed by atoms with E-state index in [1.807, 2.05) is 25.1 Å². The first-order chi connectivity index (χ1) is 10.2. The highest BCUT2D eigenvalue weighted by Crippen LogP contribution is 2.26. The van der Waals surface area contributed by atoms with Crippen LogP contribution >= 0.6 is 0 Å². The first-order valence-corrected chi connectivity index (χ1v) is 7.54. The molecule has 1 N–H and O–H groups in total. The van der Waals surface area contributed by atoms with Crippen molar-refractivity contribution in [1.29, 1.82) is 5.26 Å². The van der Waals surface area contributed by atoms with Gasteiger partial charge in [0.15, 0.2) is 0 Å².